The van der Waals surface area contributed by atoms with Crippen LogP contribution in [0.5, 0.6) is 11.5 Å². The molecule has 0 aliphatic carbocycles. The number of methoxy groups -OCH3 is 1. The van der Waals surface area contributed by atoms with Crippen molar-refractivity contribution in [1.29, 1.82) is 0 Å². The van der Waals surface area contributed by atoms with Gasteiger partial charge in [-0.1, -0.05) is 55.3 Å². The van der Waals surface area contributed by atoms with Gasteiger partial charge in [0, 0.05) is 6.54 Å². The molecule has 0 aliphatic rings. The number of rotatable bonds is 10. The standard InChI is InChI=1S/C21H24ClNO5/c1-3-4-10-27-20-17(22)11-16(12-18(20)26-2)21(25)28-14-19(24)23-13-15-8-6-5-7-9-15/h5-9,11-12H,3-4,10,13-14H2,1-2H3,(H,23,24). The van der Waals surface area contributed by atoms with Crippen LogP contribution < -0.4 is 14.8 Å². The summed E-state index contributed by atoms with van der Waals surface area (Å²) in [7, 11) is 1.46. The molecule has 6 nitrogen and oxygen atoms in total. The van der Waals surface area contributed by atoms with Crippen molar-refractivity contribution in [3.63, 3.8) is 0 Å². The van der Waals surface area contributed by atoms with Gasteiger partial charge in [0.05, 0.1) is 24.3 Å². The number of hydrogen-bond acceptors (Lipinski definition) is 5. The fraction of sp³-hybridized carbons (Fsp3) is 0.333. The Bertz CT molecular complexity index is 795. The molecule has 28 heavy (non-hydrogen) atoms. The maximum Gasteiger partial charge on any atom is 0.338 e. The third kappa shape index (κ3) is 6.46. The molecule has 0 atom stereocenters. The minimum Gasteiger partial charge on any atom is -0.493 e. The van der Waals surface area contributed by atoms with E-state index in [0.29, 0.717) is 24.7 Å². The first-order chi connectivity index (χ1) is 13.5. The number of halogens is 1. The van der Waals surface area contributed by atoms with Crippen molar-refractivity contribution >= 4 is 23.5 Å². The Morgan fingerprint density at radius 3 is 2.57 bits per heavy atom. The quantitative estimate of drug-likeness (QED) is 0.477. The fourth-order valence-electron chi connectivity index (χ4n) is 2.36. The summed E-state index contributed by atoms with van der Waals surface area (Å²) in [6.07, 6.45) is 1.86. The third-order valence-corrected chi connectivity index (χ3v) is 4.16. The summed E-state index contributed by atoms with van der Waals surface area (Å²) < 4.78 is 16.0. The zero-order valence-electron chi connectivity index (χ0n) is 16.0. The van der Waals surface area contributed by atoms with Gasteiger partial charge in [0.2, 0.25) is 0 Å². The van der Waals surface area contributed by atoms with Gasteiger partial charge in [0.1, 0.15) is 0 Å². The SMILES string of the molecule is CCCCOc1c(Cl)cc(C(=O)OCC(=O)NCc2ccccc2)cc1OC. The van der Waals surface area contributed by atoms with Gasteiger partial charge in [-0.05, 0) is 24.1 Å². The number of ether oxygens (including phenoxy) is 3. The van der Waals surface area contributed by atoms with Crippen LogP contribution >= 0.6 is 11.6 Å². The summed E-state index contributed by atoms with van der Waals surface area (Å²) in [6.45, 7) is 2.52. The fourth-order valence-corrected chi connectivity index (χ4v) is 2.62. The number of amides is 1. The van der Waals surface area contributed by atoms with Gasteiger partial charge in [-0.3, -0.25) is 4.79 Å². The highest BCUT2D eigenvalue weighted by Gasteiger charge is 2.17. The largest absolute Gasteiger partial charge is 0.493 e. The zero-order valence-corrected chi connectivity index (χ0v) is 16.8. The van der Waals surface area contributed by atoms with Crippen LogP contribution in [0.4, 0.5) is 0 Å². The Morgan fingerprint density at radius 2 is 1.89 bits per heavy atom. The van der Waals surface area contributed by atoms with Gasteiger partial charge in [0.15, 0.2) is 18.1 Å². The Kier molecular flexibility index (Phi) is 8.62. The van der Waals surface area contributed by atoms with Crippen molar-refractivity contribution in [2.24, 2.45) is 0 Å². The monoisotopic (exact) mass is 405 g/mol. The maximum absolute atomic E-state index is 12.3. The summed E-state index contributed by atoms with van der Waals surface area (Å²) in [5.74, 6) is -0.344. The van der Waals surface area contributed by atoms with E-state index in [1.54, 1.807) is 0 Å². The highest BCUT2D eigenvalue weighted by Crippen LogP contribution is 2.36. The Labute approximate surface area is 169 Å². The van der Waals surface area contributed by atoms with E-state index >= 15 is 0 Å². The number of nitrogens with one attached hydrogen (secondary N) is 1. The normalized spacial score (nSPS) is 10.2. The molecule has 2 rings (SSSR count). The van der Waals surface area contributed by atoms with Crippen LogP contribution in [0.2, 0.25) is 5.02 Å². The summed E-state index contributed by atoms with van der Waals surface area (Å²) >= 11 is 6.22. The second-order valence-electron chi connectivity index (χ2n) is 6.03. The lowest BCUT2D eigenvalue weighted by Gasteiger charge is -2.14. The van der Waals surface area contributed by atoms with Gasteiger partial charge >= 0.3 is 5.97 Å². The molecule has 0 unspecified atom stereocenters. The molecular weight excluding hydrogens is 382 g/mol. The predicted octanol–water partition coefficient (Wildman–Crippen LogP) is 4.00. The summed E-state index contributed by atoms with van der Waals surface area (Å²) in [5.41, 5.74) is 1.14. The van der Waals surface area contributed by atoms with E-state index in [4.69, 9.17) is 25.8 Å². The van der Waals surface area contributed by atoms with Gasteiger partial charge in [-0.15, -0.1) is 0 Å². The van der Waals surface area contributed by atoms with Gasteiger partial charge < -0.3 is 19.5 Å². The van der Waals surface area contributed by atoms with Gasteiger partial charge in [-0.2, -0.15) is 0 Å². The molecule has 0 bridgehead atoms. The molecular formula is C21H24ClNO5. The first kappa shape index (κ1) is 21.6. The second kappa shape index (κ2) is 11.2. The van der Waals surface area contributed by atoms with Crippen molar-refractivity contribution in [1.82, 2.24) is 5.32 Å². The molecule has 1 N–H and O–H groups in total. The van der Waals surface area contributed by atoms with E-state index in [2.05, 4.69) is 12.2 Å². The molecule has 0 radical (unpaired) electrons. The smallest absolute Gasteiger partial charge is 0.338 e. The van der Waals surface area contributed by atoms with Crippen LogP contribution in [0.15, 0.2) is 42.5 Å². The Hall–Kier alpha value is -2.73. The maximum atomic E-state index is 12.3. The lowest BCUT2D eigenvalue weighted by Crippen LogP contribution is -2.28. The van der Waals surface area contributed by atoms with E-state index in [-0.39, 0.29) is 17.2 Å². The molecule has 2 aromatic rings. The molecule has 0 aromatic heterocycles. The van der Waals surface area contributed by atoms with E-state index < -0.39 is 11.9 Å². The molecule has 2 aromatic carbocycles. The second-order valence-corrected chi connectivity index (χ2v) is 6.44. The molecule has 1 amide bonds. The molecule has 0 saturated carbocycles. The zero-order chi connectivity index (χ0) is 20.4. The van der Waals surface area contributed by atoms with Crippen molar-refractivity contribution in [2.75, 3.05) is 20.3 Å². The average molecular weight is 406 g/mol. The lowest BCUT2D eigenvalue weighted by atomic mass is 10.2. The van der Waals surface area contributed by atoms with Crippen molar-refractivity contribution in [3.8, 4) is 11.5 Å². The van der Waals surface area contributed by atoms with E-state index in [1.165, 1.54) is 19.2 Å². The summed E-state index contributed by atoms with van der Waals surface area (Å²) in [5, 5.41) is 2.94. The molecule has 0 heterocycles. The predicted molar refractivity (Wildman–Crippen MR) is 107 cm³/mol. The van der Waals surface area contributed by atoms with Crippen LogP contribution in [0.25, 0.3) is 0 Å². The number of carbonyl (C=O) groups excluding carboxylic acids is 2. The average Bonchev–Trinajstić information content (AvgIpc) is 2.72. The molecule has 0 aliphatic heterocycles. The van der Waals surface area contributed by atoms with Crippen molar-refractivity contribution in [3.05, 3.63) is 58.6 Å². The van der Waals surface area contributed by atoms with Crippen LogP contribution in [-0.2, 0) is 16.1 Å². The summed E-state index contributed by atoms with van der Waals surface area (Å²) in [4.78, 5) is 24.1. The van der Waals surface area contributed by atoms with E-state index in [9.17, 15) is 9.59 Å². The number of carbonyl (C=O) groups is 2. The van der Waals surface area contributed by atoms with Crippen LogP contribution in [0, 0.1) is 0 Å². The number of esters is 1. The van der Waals surface area contributed by atoms with Gasteiger partial charge in [0.25, 0.3) is 5.91 Å². The van der Waals surface area contributed by atoms with Crippen molar-refractivity contribution < 1.29 is 23.8 Å². The highest BCUT2D eigenvalue weighted by molar-refractivity contribution is 6.32. The number of hydrogen-bond donors (Lipinski definition) is 1. The molecule has 0 spiro atoms. The molecule has 0 fully saturated rings. The highest BCUT2D eigenvalue weighted by atomic mass is 35.5. The first-order valence-electron chi connectivity index (χ1n) is 9.03. The van der Waals surface area contributed by atoms with E-state index in [1.807, 2.05) is 30.3 Å². The topological polar surface area (TPSA) is 73.9 Å². The molecule has 150 valence electrons. The minimum absolute atomic E-state index is 0.181. The lowest BCUT2D eigenvalue weighted by molar-refractivity contribution is -0.124. The third-order valence-electron chi connectivity index (χ3n) is 3.88. The van der Waals surface area contributed by atoms with Gasteiger partial charge in [-0.25, -0.2) is 4.79 Å². The van der Waals surface area contributed by atoms with E-state index in [0.717, 1.165) is 18.4 Å². The molecule has 0 saturated heterocycles. The minimum atomic E-state index is -0.671. The molecule has 7 heteroatoms. The van der Waals surface area contributed by atoms with Crippen LogP contribution in [-0.4, -0.2) is 32.2 Å². The number of unbranched alkanes of at least 4 members (excludes halogenated alkanes) is 1. The Balaban J connectivity index is 1.92. The van der Waals surface area contributed by atoms with Crippen molar-refractivity contribution in [2.45, 2.75) is 26.3 Å². The number of benzene rings is 2. The van der Waals surface area contributed by atoms with Crippen LogP contribution in [0.3, 0.4) is 0 Å². The summed E-state index contributed by atoms with van der Waals surface area (Å²) in [6, 6.07) is 12.4. The van der Waals surface area contributed by atoms with Crippen LogP contribution in [0.1, 0.15) is 35.7 Å². The Morgan fingerprint density at radius 1 is 1.14 bits per heavy atom. The first-order valence-corrected chi connectivity index (χ1v) is 9.41.